The topological polar surface area (TPSA) is 65.1 Å². The Kier molecular flexibility index (Phi) is 3.80. The zero-order chi connectivity index (χ0) is 17.6. The van der Waals surface area contributed by atoms with Gasteiger partial charge in [-0.2, -0.15) is 0 Å². The molecule has 3 aliphatic rings. The SMILES string of the molecule is CCCOC(=O)[C@@H]1[C@@H]2C=C[C@]3(CN(c4ccc(OC)cc4)C(=O)[C@H]13)O2. The number of anilines is 1. The summed E-state index contributed by atoms with van der Waals surface area (Å²) in [5.74, 6) is -0.781. The summed E-state index contributed by atoms with van der Waals surface area (Å²) < 4.78 is 16.5. The van der Waals surface area contributed by atoms with E-state index < -0.39 is 17.4 Å². The molecule has 1 spiro atoms. The highest BCUT2D eigenvalue weighted by atomic mass is 16.6. The van der Waals surface area contributed by atoms with Crippen molar-refractivity contribution in [1.29, 1.82) is 0 Å². The first-order valence-corrected chi connectivity index (χ1v) is 8.59. The lowest BCUT2D eigenvalue weighted by atomic mass is 9.77. The minimum absolute atomic E-state index is 0.0875. The van der Waals surface area contributed by atoms with Crippen molar-refractivity contribution in [1.82, 2.24) is 0 Å². The molecule has 0 aliphatic carbocycles. The molecule has 0 N–H and O–H groups in total. The van der Waals surface area contributed by atoms with Gasteiger partial charge in [0.15, 0.2) is 0 Å². The molecule has 2 bridgehead atoms. The number of methoxy groups -OCH3 is 1. The number of hydrogen-bond donors (Lipinski definition) is 0. The predicted molar refractivity (Wildman–Crippen MR) is 90.3 cm³/mol. The molecule has 0 saturated carbocycles. The summed E-state index contributed by atoms with van der Waals surface area (Å²) in [5, 5.41) is 0. The third-order valence-corrected chi connectivity index (χ3v) is 5.21. The van der Waals surface area contributed by atoms with Crippen molar-refractivity contribution in [3.8, 4) is 5.75 Å². The van der Waals surface area contributed by atoms with Crippen molar-refractivity contribution >= 4 is 17.6 Å². The summed E-state index contributed by atoms with van der Waals surface area (Å²) in [4.78, 5) is 27.3. The Morgan fingerprint density at radius 2 is 2.12 bits per heavy atom. The Bertz CT molecular complexity index is 728. The fraction of sp³-hybridized carbons (Fsp3) is 0.474. The largest absolute Gasteiger partial charge is 0.497 e. The van der Waals surface area contributed by atoms with Crippen LogP contribution in [-0.2, 0) is 19.1 Å². The minimum Gasteiger partial charge on any atom is -0.497 e. The van der Waals surface area contributed by atoms with Crippen molar-refractivity contribution in [2.24, 2.45) is 11.8 Å². The molecule has 4 rings (SSSR count). The Hall–Kier alpha value is -2.34. The molecule has 0 unspecified atom stereocenters. The first-order valence-electron chi connectivity index (χ1n) is 8.59. The van der Waals surface area contributed by atoms with Crippen LogP contribution in [-0.4, -0.2) is 43.8 Å². The Morgan fingerprint density at radius 1 is 1.36 bits per heavy atom. The van der Waals surface area contributed by atoms with E-state index in [1.54, 1.807) is 12.0 Å². The fourth-order valence-electron chi connectivity index (χ4n) is 4.05. The molecule has 2 fully saturated rings. The van der Waals surface area contributed by atoms with Crippen LogP contribution < -0.4 is 9.64 Å². The normalized spacial score (nSPS) is 32.2. The van der Waals surface area contributed by atoms with Crippen LogP contribution in [0.4, 0.5) is 5.69 Å². The summed E-state index contributed by atoms with van der Waals surface area (Å²) in [6.45, 7) is 2.72. The van der Waals surface area contributed by atoms with Crippen molar-refractivity contribution in [2.45, 2.75) is 25.0 Å². The molecule has 1 aromatic carbocycles. The molecule has 1 amide bonds. The van der Waals surface area contributed by atoms with Crippen molar-refractivity contribution in [2.75, 3.05) is 25.2 Å². The maximum atomic E-state index is 13.1. The van der Waals surface area contributed by atoms with Gasteiger partial charge in [-0.3, -0.25) is 9.59 Å². The predicted octanol–water partition coefficient (Wildman–Crippen LogP) is 1.93. The summed E-state index contributed by atoms with van der Waals surface area (Å²) in [6.07, 6.45) is 4.21. The minimum atomic E-state index is -0.725. The zero-order valence-electron chi connectivity index (χ0n) is 14.3. The van der Waals surface area contributed by atoms with E-state index in [-0.39, 0.29) is 18.0 Å². The molecule has 25 heavy (non-hydrogen) atoms. The quantitative estimate of drug-likeness (QED) is 0.604. The lowest BCUT2D eigenvalue weighted by Crippen LogP contribution is -2.40. The Morgan fingerprint density at radius 3 is 2.80 bits per heavy atom. The van der Waals surface area contributed by atoms with Crippen LogP contribution in [0.5, 0.6) is 5.75 Å². The summed E-state index contributed by atoms with van der Waals surface area (Å²) in [7, 11) is 1.60. The molecule has 3 aliphatic heterocycles. The number of esters is 1. The first-order chi connectivity index (χ1) is 12.1. The molecule has 1 aromatic rings. The summed E-state index contributed by atoms with van der Waals surface area (Å²) in [6, 6.07) is 7.31. The highest BCUT2D eigenvalue weighted by molar-refractivity contribution is 6.02. The van der Waals surface area contributed by atoms with E-state index >= 15 is 0 Å². The molecular formula is C19H21NO5. The van der Waals surface area contributed by atoms with Crippen LogP contribution >= 0.6 is 0 Å². The molecule has 0 aromatic heterocycles. The van der Waals surface area contributed by atoms with Gasteiger partial charge < -0.3 is 19.1 Å². The van der Waals surface area contributed by atoms with Gasteiger partial charge in [0.1, 0.15) is 17.3 Å². The number of nitrogens with zero attached hydrogens (tertiary/aromatic N) is 1. The Balaban J connectivity index is 1.61. The van der Waals surface area contributed by atoms with Crippen LogP contribution in [0, 0.1) is 11.8 Å². The van der Waals surface area contributed by atoms with Crippen molar-refractivity contribution in [3.05, 3.63) is 36.4 Å². The third-order valence-electron chi connectivity index (χ3n) is 5.21. The van der Waals surface area contributed by atoms with Gasteiger partial charge in [0.2, 0.25) is 5.91 Å². The highest BCUT2D eigenvalue weighted by Gasteiger charge is 2.67. The zero-order valence-corrected chi connectivity index (χ0v) is 14.3. The fourth-order valence-corrected chi connectivity index (χ4v) is 4.05. The van der Waals surface area contributed by atoms with Gasteiger partial charge in [0.25, 0.3) is 0 Å². The van der Waals surface area contributed by atoms with Gasteiger partial charge in [-0.1, -0.05) is 19.1 Å². The first kappa shape index (κ1) is 16.1. The highest BCUT2D eigenvalue weighted by Crippen LogP contribution is 2.52. The average molecular weight is 343 g/mol. The number of rotatable bonds is 5. The van der Waals surface area contributed by atoms with E-state index in [0.29, 0.717) is 13.2 Å². The average Bonchev–Trinajstić information content (AvgIpc) is 3.28. The summed E-state index contributed by atoms with van der Waals surface area (Å²) >= 11 is 0. The number of carbonyl (C=O) groups excluding carboxylic acids is 2. The number of ether oxygens (including phenoxy) is 3. The van der Waals surface area contributed by atoms with Crippen LogP contribution in [0.15, 0.2) is 36.4 Å². The van der Waals surface area contributed by atoms with E-state index in [2.05, 4.69) is 0 Å². The van der Waals surface area contributed by atoms with Crippen LogP contribution in [0.2, 0.25) is 0 Å². The van der Waals surface area contributed by atoms with Gasteiger partial charge >= 0.3 is 5.97 Å². The summed E-state index contributed by atoms with van der Waals surface area (Å²) in [5.41, 5.74) is 0.0492. The number of fused-ring (bicyclic) bond motifs is 1. The second kappa shape index (κ2) is 5.88. The number of carbonyl (C=O) groups is 2. The molecular weight excluding hydrogens is 322 g/mol. The maximum Gasteiger partial charge on any atom is 0.312 e. The van der Waals surface area contributed by atoms with E-state index in [9.17, 15) is 9.59 Å². The monoisotopic (exact) mass is 343 g/mol. The molecule has 132 valence electrons. The number of amides is 1. The molecule has 0 radical (unpaired) electrons. The van der Waals surface area contributed by atoms with Crippen molar-refractivity contribution < 1.29 is 23.8 Å². The number of benzene rings is 1. The molecule has 6 heteroatoms. The van der Waals surface area contributed by atoms with Gasteiger partial charge in [0, 0.05) is 5.69 Å². The van der Waals surface area contributed by atoms with Crippen LogP contribution in [0.1, 0.15) is 13.3 Å². The lowest BCUT2D eigenvalue weighted by Gasteiger charge is -2.22. The van der Waals surface area contributed by atoms with Gasteiger partial charge in [-0.25, -0.2) is 0 Å². The second-order valence-corrected chi connectivity index (χ2v) is 6.69. The molecule has 2 saturated heterocycles. The van der Waals surface area contributed by atoms with Gasteiger partial charge in [-0.05, 0) is 30.7 Å². The van der Waals surface area contributed by atoms with E-state index in [4.69, 9.17) is 14.2 Å². The van der Waals surface area contributed by atoms with E-state index in [0.717, 1.165) is 17.9 Å². The lowest BCUT2D eigenvalue weighted by molar-refractivity contribution is -0.152. The number of hydrogen-bond acceptors (Lipinski definition) is 5. The van der Waals surface area contributed by atoms with Crippen LogP contribution in [0.3, 0.4) is 0 Å². The second-order valence-electron chi connectivity index (χ2n) is 6.69. The molecule has 6 nitrogen and oxygen atoms in total. The van der Waals surface area contributed by atoms with Gasteiger partial charge in [0.05, 0.1) is 32.3 Å². The Labute approximate surface area is 146 Å². The van der Waals surface area contributed by atoms with E-state index in [1.165, 1.54) is 0 Å². The van der Waals surface area contributed by atoms with Crippen molar-refractivity contribution in [3.63, 3.8) is 0 Å². The van der Waals surface area contributed by atoms with Gasteiger partial charge in [-0.15, -0.1) is 0 Å². The maximum absolute atomic E-state index is 13.1. The molecule has 3 heterocycles. The van der Waals surface area contributed by atoms with Crippen LogP contribution in [0.25, 0.3) is 0 Å². The third kappa shape index (κ3) is 2.35. The smallest absolute Gasteiger partial charge is 0.312 e. The standard InChI is InChI=1S/C19H21NO5/c1-3-10-24-18(22)15-14-8-9-19(25-14)11-20(17(21)16(15)19)12-4-6-13(23-2)7-5-12/h4-9,14-16H,3,10-11H2,1-2H3/t14-,15+,16-,19+/m0/s1. The van der Waals surface area contributed by atoms with E-state index in [1.807, 2.05) is 43.3 Å². The molecule has 4 atom stereocenters.